The smallest absolute Gasteiger partial charge is 0.224 e. The highest BCUT2D eigenvalue weighted by molar-refractivity contribution is 5.77. The summed E-state index contributed by atoms with van der Waals surface area (Å²) in [5.74, 6) is 1.05. The summed E-state index contributed by atoms with van der Waals surface area (Å²) in [6, 6.07) is 0.643. The van der Waals surface area contributed by atoms with Crippen LogP contribution in [0.2, 0.25) is 0 Å². The highest BCUT2D eigenvalue weighted by Crippen LogP contribution is 2.36. The van der Waals surface area contributed by atoms with E-state index in [9.17, 15) is 4.79 Å². The summed E-state index contributed by atoms with van der Waals surface area (Å²) < 4.78 is 5.24. The van der Waals surface area contributed by atoms with Gasteiger partial charge < -0.3 is 15.4 Å². The Bertz CT molecular complexity index is 327. The lowest BCUT2D eigenvalue weighted by Crippen LogP contribution is -2.50. The molecule has 2 fully saturated rings. The highest BCUT2D eigenvalue weighted by atomic mass is 16.5. The van der Waals surface area contributed by atoms with Crippen molar-refractivity contribution in [1.29, 1.82) is 0 Å². The number of hydrogen-bond acceptors (Lipinski definition) is 4. The summed E-state index contributed by atoms with van der Waals surface area (Å²) in [5, 5.41) is 0. The van der Waals surface area contributed by atoms with E-state index >= 15 is 0 Å². The summed E-state index contributed by atoms with van der Waals surface area (Å²) in [6.45, 7) is 6.23. The number of ether oxygens (including phenoxy) is 1. The maximum absolute atomic E-state index is 12.4. The topological polar surface area (TPSA) is 58.8 Å². The van der Waals surface area contributed by atoms with Gasteiger partial charge in [-0.2, -0.15) is 0 Å². The number of amides is 1. The first kappa shape index (κ1) is 16.7. The Morgan fingerprint density at radius 1 is 1.38 bits per heavy atom. The van der Waals surface area contributed by atoms with E-state index in [0.29, 0.717) is 25.6 Å². The quantitative estimate of drug-likeness (QED) is 0.692. The molecule has 1 saturated heterocycles. The van der Waals surface area contributed by atoms with Gasteiger partial charge in [0, 0.05) is 51.8 Å². The fourth-order valence-corrected chi connectivity index (χ4v) is 3.40. The van der Waals surface area contributed by atoms with Gasteiger partial charge in [0.25, 0.3) is 0 Å². The minimum Gasteiger partial charge on any atom is -0.383 e. The van der Waals surface area contributed by atoms with Crippen molar-refractivity contribution in [1.82, 2.24) is 9.80 Å². The molecule has 1 saturated carbocycles. The molecule has 0 bridgehead atoms. The fourth-order valence-electron chi connectivity index (χ4n) is 3.40. The maximum Gasteiger partial charge on any atom is 0.224 e. The first-order valence-corrected chi connectivity index (χ1v) is 8.40. The van der Waals surface area contributed by atoms with Crippen molar-refractivity contribution >= 4 is 5.91 Å². The molecule has 2 rings (SSSR count). The number of carbonyl (C=O) groups excluding carboxylic acids is 1. The zero-order valence-corrected chi connectivity index (χ0v) is 13.6. The third kappa shape index (κ3) is 4.66. The van der Waals surface area contributed by atoms with Crippen LogP contribution in [-0.4, -0.2) is 67.7 Å². The average molecular weight is 297 g/mol. The van der Waals surface area contributed by atoms with Crippen molar-refractivity contribution in [2.75, 3.05) is 39.9 Å². The molecule has 1 aliphatic carbocycles. The number of nitrogens with two attached hydrogens (primary N) is 1. The number of hydrogen-bond donors (Lipinski definition) is 1. The lowest BCUT2D eigenvalue weighted by molar-refractivity contribution is -0.131. The molecule has 2 aliphatic rings. The number of nitrogens with zero attached hydrogens (tertiary/aromatic N) is 2. The Labute approximate surface area is 128 Å². The Balaban J connectivity index is 1.94. The fraction of sp³-hybridized carbons (Fsp3) is 0.938. The predicted molar refractivity (Wildman–Crippen MR) is 84.0 cm³/mol. The third-order valence-electron chi connectivity index (χ3n) is 4.99. The van der Waals surface area contributed by atoms with E-state index in [4.69, 9.17) is 10.5 Å². The van der Waals surface area contributed by atoms with Gasteiger partial charge in [-0.3, -0.25) is 9.69 Å². The van der Waals surface area contributed by atoms with Crippen molar-refractivity contribution in [3.63, 3.8) is 0 Å². The van der Waals surface area contributed by atoms with E-state index in [2.05, 4.69) is 11.8 Å². The average Bonchev–Trinajstić information content (AvgIpc) is 3.20. The monoisotopic (exact) mass is 297 g/mol. The van der Waals surface area contributed by atoms with Crippen LogP contribution in [0, 0.1) is 5.92 Å². The highest BCUT2D eigenvalue weighted by Gasteiger charge is 2.35. The third-order valence-corrected chi connectivity index (χ3v) is 4.99. The second kappa shape index (κ2) is 8.11. The predicted octanol–water partition coefficient (Wildman–Crippen LogP) is 1.07. The Kier molecular flexibility index (Phi) is 6.45. The standard InChI is InChI=1S/C16H31N3O2/c1-13(14-5-6-14)19(9-10-21-2)15(12-17)11-16(20)18-7-3-4-8-18/h13-15H,3-12,17H2,1-2H3. The zero-order valence-electron chi connectivity index (χ0n) is 13.6. The van der Waals surface area contributed by atoms with Gasteiger partial charge in [-0.15, -0.1) is 0 Å². The molecule has 5 nitrogen and oxygen atoms in total. The van der Waals surface area contributed by atoms with E-state index in [1.54, 1.807) is 7.11 Å². The molecule has 5 heteroatoms. The Hall–Kier alpha value is -0.650. The van der Waals surface area contributed by atoms with Crippen LogP contribution in [0.3, 0.4) is 0 Å². The van der Waals surface area contributed by atoms with Crippen LogP contribution in [0.4, 0.5) is 0 Å². The molecular weight excluding hydrogens is 266 g/mol. The molecule has 1 heterocycles. The van der Waals surface area contributed by atoms with E-state index in [0.717, 1.165) is 38.4 Å². The molecule has 0 spiro atoms. The Morgan fingerprint density at radius 2 is 2.05 bits per heavy atom. The van der Waals surface area contributed by atoms with Gasteiger partial charge >= 0.3 is 0 Å². The summed E-state index contributed by atoms with van der Waals surface area (Å²) in [4.78, 5) is 16.8. The van der Waals surface area contributed by atoms with E-state index < -0.39 is 0 Å². The lowest BCUT2D eigenvalue weighted by Gasteiger charge is -2.36. The SMILES string of the molecule is COCCN(C(CN)CC(=O)N1CCCC1)C(C)C1CC1. The molecule has 2 unspecified atom stereocenters. The van der Waals surface area contributed by atoms with Gasteiger partial charge in [-0.05, 0) is 38.5 Å². The molecule has 0 radical (unpaired) electrons. The number of carbonyl (C=O) groups is 1. The molecule has 21 heavy (non-hydrogen) atoms. The van der Waals surface area contributed by atoms with Crippen LogP contribution in [0.25, 0.3) is 0 Å². The molecular formula is C16H31N3O2. The summed E-state index contributed by atoms with van der Waals surface area (Å²) in [6.07, 6.45) is 5.46. The van der Waals surface area contributed by atoms with Crippen molar-refractivity contribution < 1.29 is 9.53 Å². The van der Waals surface area contributed by atoms with Crippen molar-refractivity contribution in [3.05, 3.63) is 0 Å². The maximum atomic E-state index is 12.4. The van der Waals surface area contributed by atoms with Crippen LogP contribution in [0.15, 0.2) is 0 Å². The normalized spacial score (nSPS) is 21.8. The first-order chi connectivity index (χ1) is 10.2. The second-order valence-electron chi connectivity index (χ2n) is 6.49. The number of methoxy groups -OCH3 is 1. The van der Waals surface area contributed by atoms with E-state index in [1.165, 1.54) is 12.8 Å². The summed E-state index contributed by atoms with van der Waals surface area (Å²) in [7, 11) is 1.73. The van der Waals surface area contributed by atoms with Gasteiger partial charge in [0.1, 0.15) is 0 Å². The van der Waals surface area contributed by atoms with Crippen molar-refractivity contribution in [2.45, 2.75) is 51.1 Å². The van der Waals surface area contributed by atoms with Crippen LogP contribution in [0.1, 0.15) is 39.0 Å². The molecule has 0 aromatic carbocycles. The molecule has 2 N–H and O–H groups in total. The van der Waals surface area contributed by atoms with E-state index in [-0.39, 0.29) is 11.9 Å². The van der Waals surface area contributed by atoms with Crippen molar-refractivity contribution in [2.24, 2.45) is 11.7 Å². The van der Waals surface area contributed by atoms with Crippen LogP contribution < -0.4 is 5.73 Å². The molecule has 0 aromatic heterocycles. The van der Waals surface area contributed by atoms with Crippen LogP contribution >= 0.6 is 0 Å². The van der Waals surface area contributed by atoms with Gasteiger partial charge in [-0.25, -0.2) is 0 Å². The molecule has 1 aliphatic heterocycles. The van der Waals surface area contributed by atoms with Crippen LogP contribution in [0.5, 0.6) is 0 Å². The van der Waals surface area contributed by atoms with Gasteiger partial charge in [0.2, 0.25) is 5.91 Å². The zero-order chi connectivity index (χ0) is 15.2. The Morgan fingerprint density at radius 3 is 2.57 bits per heavy atom. The molecule has 2 atom stereocenters. The van der Waals surface area contributed by atoms with Crippen molar-refractivity contribution in [3.8, 4) is 0 Å². The summed E-state index contributed by atoms with van der Waals surface area (Å²) >= 11 is 0. The van der Waals surface area contributed by atoms with Gasteiger partial charge in [0.15, 0.2) is 0 Å². The minimum absolute atomic E-state index is 0.142. The number of likely N-dealkylation sites (tertiary alicyclic amines) is 1. The minimum atomic E-state index is 0.142. The molecule has 0 aromatic rings. The van der Waals surface area contributed by atoms with Gasteiger partial charge in [0.05, 0.1) is 6.61 Å². The molecule has 122 valence electrons. The second-order valence-corrected chi connectivity index (χ2v) is 6.49. The van der Waals surface area contributed by atoms with Crippen LogP contribution in [-0.2, 0) is 9.53 Å². The largest absolute Gasteiger partial charge is 0.383 e. The van der Waals surface area contributed by atoms with Gasteiger partial charge in [-0.1, -0.05) is 0 Å². The summed E-state index contributed by atoms with van der Waals surface area (Å²) in [5.41, 5.74) is 6.00. The first-order valence-electron chi connectivity index (χ1n) is 8.40. The lowest BCUT2D eigenvalue weighted by atomic mass is 10.1. The molecule has 1 amide bonds. The number of rotatable bonds is 9. The van der Waals surface area contributed by atoms with E-state index in [1.807, 2.05) is 4.90 Å².